The number of nitrogens with zero attached hydrogens (tertiary/aromatic N) is 6. The first-order valence-electron chi connectivity index (χ1n) is 30.3. The lowest BCUT2D eigenvalue weighted by Gasteiger charge is -2.24. The average Bonchev–Trinajstić information content (AvgIpc) is 1.73. The molecule has 4 amide bonds. The number of benzene rings is 6. The fraction of sp³-hybridized carbons (Fsp3) is 0.353. The molecule has 99 heavy (non-hydrogen) atoms. The molecular formula is C68H79Cl3N10O18. The quantitative estimate of drug-likeness (QED) is 0.00801. The number of carbonyl (C=O) groups is 8. The second-order valence-corrected chi connectivity index (χ2v) is 24.8. The fourth-order valence-corrected chi connectivity index (χ4v) is 9.89. The minimum absolute atomic E-state index is 0. The molecule has 0 bridgehead atoms. The first-order chi connectivity index (χ1) is 46.4. The van der Waals surface area contributed by atoms with Crippen LogP contribution in [0.3, 0.4) is 0 Å². The van der Waals surface area contributed by atoms with Gasteiger partial charge in [0, 0.05) is 46.1 Å². The molecule has 8 rings (SSSR count). The number of carbonyl (C=O) groups excluding carboxylic acids is 6. The van der Waals surface area contributed by atoms with Gasteiger partial charge < -0.3 is 70.7 Å². The van der Waals surface area contributed by atoms with Crippen molar-refractivity contribution >= 4 is 105 Å². The van der Waals surface area contributed by atoms with Gasteiger partial charge in [0.05, 0.1) is 7.11 Å². The second-order valence-electron chi connectivity index (χ2n) is 23.7. The summed E-state index contributed by atoms with van der Waals surface area (Å²) in [4.78, 5) is 103. The van der Waals surface area contributed by atoms with Gasteiger partial charge in [-0.05, 0) is 150 Å². The highest BCUT2D eigenvalue weighted by Gasteiger charge is 2.30. The van der Waals surface area contributed by atoms with Crippen LogP contribution < -0.4 is 26.1 Å². The molecule has 0 saturated carbocycles. The highest BCUT2D eigenvalue weighted by Crippen LogP contribution is 2.26. The number of nitrogens with one attached hydrogen (secondary N) is 4. The topological polar surface area (TPSA) is 393 Å². The summed E-state index contributed by atoms with van der Waals surface area (Å²) in [5.74, 6) is -5.55. The number of fused-ring (bicyclic) bond motifs is 2. The SMILES string of the molecule is C.CC(C)[C@H](NC(=O)OC(C)(C)C)C(=O)OCCl.COC(=O)N[C@H](C(=O)OCOn1nnc2ccc(C(=O)N[C@H](Cc3ccc(-c4cccc(Cl)c4)cc3)C[C@@H](O)C(=O)O)cc21)C(C)C.O=C(N[C@H](Cc1ccc(-c2cccc(Cl)c2)cc1)C[C@@H](O)C(=O)O)c1ccc2nnn(O)c2c1. The Bertz CT molecular complexity index is 4050. The molecule has 0 radical (unpaired) electrons. The Morgan fingerprint density at radius 1 is 0.556 bits per heavy atom. The number of methoxy groups -OCH3 is 1. The number of hydrogen-bond acceptors (Lipinski definition) is 20. The predicted octanol–water partition coefficient (Wildman–Crippen LogP) is 9.32. The van der Waals surface area contributed by atoms with E-state index in [1.165, 1.54) is 37.4 Å². The first-order valence-corrected chi connectivity index (χ1v) is 31.6. The highest BCUT2D eigenvalue weighted by molar-refractivity contribution is 6.31. The van der Waals surface area contributed by atoms with Crippen molar-refractivity contribution in [3.63, 3.8) is 0 Å². The Labute approximate surface area is 584 Å². The number of alkyl halides is 1. The van der Waals surface area contributed by atoms with Crippen molar-refractivity contribution < 1.29 is 87.8 Å². The largest absolute Gasteiger partial charge is 0.479 e. The maximum absolute atomic E-state index is 13.3. The van der Waals surface area contributed by atoms with E-state index in [4.69, 9.17) is 54.2 Å². The summed E-state index contributed by atoms with van der Waals surface area (Å²) in [5.41, 5.74) is 6.54. The van der Waals surface area contributed by atoms with Crippen LogP contribution in [0.5, 0.6) is 0 Å². The number of ether oxygens (including phenoxy) is 4. The molecule has 9 N–H and O–H groups in total. The van der Waals surface area contributed by atoms with Gasteiger partial charge in [-0.3, -0.25) is 9.59 Å². The van der Waals surface area contributed by atoms with Gasteiger partial charge in [0.1, 0.15) is 39.8 Å². The van der Waals surface area contributed by atoms with E-state index in [0.717, 1.165) is 38.2 Å². The molecule has 2 aromatic heterocycles. The van der Waals surface area contributed by atoms with Crippen molar-refractivity contribution in [2.45, 2.75) is 124 Å². The molecule has 31 heteroatoms. The summed E-state index contributed by atoms with van der Waals surface area (Å²) < 4.78 is 19.4. The molecule has 0 spiro atoms. The predicted molar refractivity (Wildman–Crippen MR) is 366 cm³/mol. The van der Waals surface area contributed by atoms with Gasteiger partial charge in [0.25, 0.3) is 18.6 Å². The molecule has 2 heterocycles. The van der Waals surface area contributed by atoms with E-state index in [9.17, 15) is 58.9 Å². The Morgan fingerprint density at radius 3 is 1.41 bits per heavy atom. The minimum Gasteiger partial charge on any atom is -0.479 e. The number of halogens is 3. The Hall–Kier alpha value is -10.1. The molecule has 8 aromatic rings. The summed E-state index contributed by atoms with van der Waals surface area (Å²) in [6.45, 7) is 11.7. The van der Waals surface area contributed by atoms with Crippen molar-refractivity contribution in [2.24, 2.45) is 11.8 Å². The lowest BCUT2D eigenvalue weighted by atomic mass is 9.97. The number of hydrogen-bond donors (Lipinski definition) is 9. The number of carboxylic acid groups (broad SMARTS) is 2. The number of aromatic nitrogens is 6. The van der Waals surface area contributed by atoms with Crippen LogP contribution in [-0.4, -0.2) is 166 Å². The molecule has 0 fully saturated rings. The molecule has 530 valence electrons. The van der Waals surface area contributed by atoms with Gasteiger partial charge in [-0.1, -0.05) is 152 Å². The van der Waals surface area contributed by atoms with Crippen molar-refractivity contribution in [3.05, 3.63) is 166 Å². The van der Waals surface area contributed by atoms with Crippen molar-refractivity contribution in [1.29, 1.82) is 0 Å². The van der Waals surface area contributed by atoms with Crippen LogP contribution in [0.4, 0.5) is 9.59 Å². The van der Waals surface area contributed by atoms with Crippen LogP contribution in [0, 0.1) is 11.8 Å². The maximum Gasteiger partial charge on any atom is 0.408 e. The smallest absolute Gasteiger partial charge is 0.408 e. The highest BCUT2D eigenvalue weighted by atomic mass is 35.5. The number of aliphatic hydroxyl groups is 2. The number of esters is 2. The van der Waals surface area contributed by atoms with Gasteiger partial charge in [-0.15, -0.1) is 10.2 Å². The van der Waals surface area contributed by atoms with Gasteiger partial charge in [0.15, 0.2) is 18.3 Å². The molecule has 0 saturated heterocycles. The van der Waals surface area contributed by atoms with Crippen LogP contribution in [0.1, 0.15) is 101 Å². The third-order valence-corrected chi connectivity index (χ3v) is 14.9. The molecule has 0 aliphatic heterocycles. The second kappa shape index (κ2) is 37.6. The summed E-state index contributed by atoms with van der Waals surface area (Å²) >= 11 is 17.5. The van der Waals surface area contributed by atoms with Crippen molar-refractivity contribution in [1.82, 2.24) is 51.6 Å². The molecular weight excluding hydrogens is 1350 g/mol. The Morgan fingerprint density at radius 2 is 0.990 bits per heavy atom. The van der Waals surface area contributed by atoms with E-state index in [2.05, 4.69) is 51.4 Å². The summed E-state index contributed by atoms with van der Waals surface area (Å²) in [6.07, 6.45) is -4.66. The zero-order chi connectivity index (χ0) is 72.0. The van der Waals surface area contributed by atoms with Crippen molar-refractivity contribution in [2.75, 3.05) is 20.0 Å². The summed E-state index contributed by atoms with van der Waals surface area (Å²) in [6, 6.07) is 35.5. The molecule has 28 nitrogen and oxygen atoms in total. The van der Waals surface area contributed by atoms with E-state index in [0.29, 0.717) is 32.3 Å². The third-order valence-electron chi connectivity index (χ3n) is 14.4. The van der Waals surface area contributed by atoms with E-state index in [-0.39, 0.29) is 66.8 Å². The van der Waals surface area contributed by atoms with Crippen LogP contribution in [-0.2, 0) is 51.0 Å². The molecule has 6 atom stereocenters. The Kier molecular flexibility index (Phi) is 30.2. The van der Waals surface area contributed by atoms with Gasteiger partial charge in [-0.25, -0.2) is 28.8 Å². The van der Waals surface area contributed by atoms with E-state index >= 15 is 0 Å². The summed E-state index contributed by atoms with van der Waals surface area (Å²) in [5, 5.41) is 75.0. The van der Waals surface area contributed by atoms with Crippen LogP contribution in [0.25, 0.3) is 44.3 Å². The first kappa shape index (κ1) is 79.6. The number of aliphatic carboxylic acids is 2. The van der Waals surface area contributed by atoms with E-state index in [1.54, 1.807) is 66.7 Å². The maximum atomic E-state index is 13.3. The van der Waals surface area contributed by atoms with E-state index < -0.39 is 96.6 Å². The van der Waals surface area contributed by atoms with Gasteiger partial charge >= 0.3 is 36.1 Å². The van der Waals surface area contributed by atoms with E-state index in [1.807, 2.05) is 84.9 Å². The van der Waals surface area contributed by atoms with Crippen LogP contribution in [0.15, 0.2) is 133 Å². The molecule has 0 aliphatic rings. The van der Waals surface area contributed by atoms with Crippen molar-refractivity contribution in [3.8, 4) is 22.3 Å². The standard InChI is InChI=1S/C32H34ClN5O9.C24H21ClN4O5.C11H20ClNO4.CH4/c1-18(2)28(35-32(44)45-3)31(43)46-17-47-38-26-15-22(11-12-25(26)36-37-38)29(40)34-24(16-27(39)30(41)42)13-19-7-9-20(10-8-19)21-5-4-6-23(33)14-21;25-18-3-1-2-16(11-18)15-6-4-14(5-7-15)10-19(13-22(30)24(32)33)26-23(31)17-8-9-20-21(12-17)29(34)28-27-20;1-7(2)8(9(14)16-6-12)13-10(15)17-11(3,4)5;/h4-12,14-15,18,24,27-28,39H,13,16-17H2,1-3H3,(H,34,40)(H,35,44)(H,41,42);1-9,11-12,19,22,30,34H,10,13H2,(H,26,31)(H,32,33);7-8H,6H2,1-5H3,(H,13,15);1H4/t24-,27-,28+;19-,22-;8-;/m110./s1. The number of alkyl carbamates (subject to hydrolysis) is 2. The Balaban J connectivity index is 0.000000296. The monoisotopic (exact) mass is 1430 g/mol. The summed E-state index contributed by atoms with van der Waals surface area (Å²) in [7, 11) is 1.17. The third kappa shape index (κ3) is 24.7. The van der Waals surface area contributed by atoms with Gasteiger partial charge in [0.2, 0.25) is 0 Å². The zero-order valence-electron chi connectivity index (χ0n) is 54.4. The number of aliphatic hydroxyl groups excluding tert-OH is 2. The molecule has 0 unspecified atom stereocenters. The average molecular weight is 1430 g/mol. The normalized spacial score (nSPS) is 12.8. The minimum atomic E-state index is -1.70. The molecule has 6 aromatic carbocycles. The number of carboxylic acids is 2. The lowest BCUT2D eigenvalue weighted by molar-refractivity contribution is -0.161. The fourth-order valence-electron chi connectivity index (χ4n) is 9.40. The lowest BCUT2D eigenvalue weighted by Crippen LogP contribution is -2.47. The van der Waals surface area contributed by atoms with Gasteiger partial charge in [-0.2, -0.15) is 0 Å². The van der Waals surface area contributed by atoms with Crippen LogP contribution >= 0.6 is 34.8 Å². The number of amides is 4. The molecule has 0 aliphatic carbocycles. The van der Waals surface area contributed by atoms with Crippen LogP contribution in [0.2, 0.25) is 10.0 Å². The zero-order valence-corrected chi connectivity index (χ0v) is 56.7. The number of rotatable bonds is 26.